The highest BCUT2D eigenvalue weighted by molar-refractivity contribution is 5.35. The van der Waals surface area contributed by atoms with Crippen molar-refractivity contribution in [2.75, 3.05) is 26.9 Å². The van der Waals surface area contributed by atoms with Crippen molar-refractivity contribution in [2.45, 2.75) is 32.7 Å². The van der Waals surface area contributed by atoms with Gasteiger partial charge in [-0.2, -0.15) is 0 Å². The second-order valence-corrected chi connectivity index (χ2v) is 4.37. The lowest BCUT2D eigenvalue weighted by atomic mass is 10.1. The van der Waals surface area contributed by atoms with Crippen molar-refractivity contribution in [1.29, 1.82) is 0 Å². The van der Waals surface area contributed by atoms with Crippen LogP contribution in [0.25, 0.3) is 0 Å². The summed E-state index contributed by atoms with van der Waals surface area (Å²) in [4.78, 5) is 0. The topological polar surface area (TPSA) is 30.5 Å². The molecule has 1 aromatic rings. The molecule has 0 aromatic heterocycles. The van der Waals surface area contributed by atoms with Crippen LogP contribution in [-0.2, 0) is 4.74 Å². The summed E-state index contributed by atoms with van der Waals surface area (Å²) in [6, 6.07) is 8.57. The first-order valence-corrected chi connectivity index (χ1v) is 6.73. The Morgan fingerprint density at radius 2 is 1.89 bits per heavy atom. The molecule has 1 N–H and O–H groups in total. The van der Waals surface area contributed by atoms with Crippen molar-refractivity contribution in [1.82, 2.24) is 5.32 Å². The van der Waals surface area contributed by atoms with Crippen LogP contribution in [0.15, 0.2) is 24.3 Å². The molecule has 0 aliphatic carbocycles. The van der Waals surface area contributed by atoms with E-state index in [1.165, 1.54) is 5.56 Å². The number of benzene rings is 1. The summed E-state index contributed by atoms with van der Waals surface area (Å²) in [5, 5.41) is 3.41. The molecule has 0 saturated carbocycles. The monoisotopic (exact) mass is 251 g/mol. The Morgan fingerprint density at radius 1 is 1.17 bits per heavy atom. The number of unbranched alkanes of at least 4 members (excludes halogenated alkanes) is 1. The first-order valence-electron chi connectivity index (χ1n) is 6.73. The van der Waals surface area contributed by atoms with Gasteiger partial charge >= 0.3 is 0 Å². The summed E-state index contributed by atoms with van der Waals surface area (Å²) in [5.74, 6) is 0.989. The standard InChI is InChI=1S/C15H25NO2/c1-4-16-13(2)14-9-5-6-10-15(14)18-12-8-7-11-17-3/h5-6,9-10,13,16H,4,7-8,11-12H2,1-3H3. The molecule has 0 bridgehead atoms. The van der Waals surface area contributed by atoms with Crippen LogP contribution < -0.4 is 10.1 Å². The second kappa shape index (κ2) is 8.95. The molecule has 0 radical (unpaired) electrons. The Labute approximate surface area is 110 Å². The minimum absolute atomic E-state index is 0.324. The van der Waals surface area contributed by atoms with Crippen LogP contribution in [0.3, 0.4) is 0 Å². The minimum Gasteiger partial charge on any atom is -0.493 e. The van der Waals surface area contributed by atoms with Crippen LogP contribution in [0.5, 0.6) is 5.75 Å². The van der Waals surface area contributed by atoms with Gasteiger partial charge in [-0.1, -0.05) is 25.1 Å². The van der Waals surface area contributed by atoms with Gasteiger partial charge in [-0.05, 0) is 32.4 Å². The zero-order chi connectivity index (χ0) is 13.2. The van der Waals surface area contributed by atoms with Gasteiger partial charge in [-0.25, -0.2) is 0 Å². The van der Waals surface area contributed by atoms with Crippen LogP contribution in [-0.4, -0.2) is 26.9 Å². The van der Waals surface area contributed by atoms with Crippen LogP contribution in [0, 0.1) is 0 Å². The van der Waals surface area contributed by atoms with E-state index >= 15 is 0 Å². The average molecular weight is 251 g/mol. The molecule has 0 aliphatic heterocycles. The maximum Gasteiger partial charge on any atom is 0.124 e. The normalized spacial score (nSPS) is 12.4. The molecule has 0 aliphatic rings. The van der Waals surface area contributed by atoms with Gasteiger partial charge < -0.3 is 14.8 Å². The van der Waals surface area contributed by atoms with E-state index in [4.69, 9.17) is 9.47 Å². The Balaban J connectivity index is 2.48. The number of methoxy groups -OCH3 is 1. The molecule has 0 spiro atoms. The molecule has 0 amide bonds. The van der Waals surface area contributed by atoms with Gasteiger partial charge in [0.15, 0.2) is 0 Å². The van der Waals surface area contributed by atoms with Gasteiger partial charge in [0.25, 0.3) is 0 Å². The highest BCUT2D eigenvalue weighted by atomic mass is 16.5. The zero-order valence-electron chi connectivity index (χ0n) is 11.7. The smallest absolute Gasteiger partial charge is 0.124 e. The SMILES string of the molecule is CCNC(C)c1ccccc1OCCCCOC. The molecular weight excluding hydrogens is 226 g/mol. The lowest BCUT2D eigenvalue weighted by molar-refractivity contribution is 0.184. The maximum absolute atomic E-state index is 5.86. The molecule has 18 heavy (non-hydrogen) atoms. The van der Waals surface area contributed by atoms with E-state index in [0.29, 0.717) is 6.04 Å². The number of hydrogen-bond acceptors (Lipinski definition) is 3. The maximum atomic E-state index is 5.86. The highest BCUT2D eigenvalue weighted by Crippen LogP contribution is 2.24. The third-order valence-electron chi connectivity index (χ3n) is 2.90. The van der Waals surface area contributed by atoms with Crippen molar-refractivity contribution in [3.05, 3.63) is 29.8 Å². The Bertz CT molecular complexity index is 328. The van der Waals surface area contributed by atoms with Gasteiger partial charge in [0.2, 0.25) is 0 Å². The molecule has 102 valence electrons. The molecular formula is C15H25NO2. The van der Waals surface area contributed by atoms with E-state index in [0.717, 1.165) is 38.3 Å². The fourth-order valence-electron chi connectivity index (χ4n) is 1.92. The van der Waals surface area contributed by atoms with Crippen molar-refractivity contribution < 1.29 is 9.47 Å². The van der Waals surface area contributed by atoms with E-state index in [-0.39, 0.29) is 0 Å². The number of rotatable bonds is 9. The first kappa shape index (κ1) is 15.0. The number of para-hydroxylation sites is 1. The third kappa shape index (κ3) is 5.07. The van der Waals surface area contributed by atoms with Crippen molar-refractivity contribution in [3.8, 4) is 5.75 Å². The predicted molar refractivity (Wildman–Crippen MR) is 75.1 cm³/mol. The lowest BCUT2D eigenvalue weighted by Crippen LogP contribution is -2.18. The molecule has 3 heteroatoms. The summed E-state index contributed by atoms with van der Waals surface area (Å²) >= 11 is 0. The van der Waals surface area contributed by atoms with E-state index in [9.17, 15) is 0 Å². The molecule has 0 fully saturated rings. The molecule has 3 nitrogen and oxygen atoms in total. The molecule has 0 saturated heterocycles. The quantitative estimate of drug-likeness (QED) is 0.684. The zero-order valence-corrected chi connectivity index (χ0v) is 11.7. The minimum atomic E-state index is 0.324. The molecule has 1 aromatic carbocycles. The predicted octanol–water partition coefficient (Wildman–Crippen LogP) is 3.16. The highest BCUT2D eigenvalue weighted by Gasteiger charge is 2.09. The van der Waals surface area contributed by atoms with Gasteiger partial charge in [-0.15, -0.1) is 0 Å². The largest absolute Gasteiger partial charge is 0.493 e. The number of ether oxygens (including phenoxy) is 2. The molecule has 1 atom stereocenters. The van der Waals surface area contributed by atoms with Crippen molar-refractivity contribution >= 4 is 0 Å². The summed E-state index contributed by atoms with van der Waals surface area (Å²) < 4.78 is 10.9. The first-order chi connectivity index (χ1) is 8.79. The second-order valence-electron chi connectivity index (χ2n) is 4.37. The lowest BCUT2D eigenvalue weighted by Gasteiger charge is -2.17. The fourth-order valence-corrected chi connectivity index (χ4v) is 1.92. The Morgan fingerprint density at radius 3 is 2.61 bits per heavy atom. The van der Waals surface area contributed by atoms with Crippen molar-refractivity contribution in [3.63, 3.8) is 0 Å². The number of hydrogen-bond donors (Lipinski definition) is 1. The molecule has 0 heterocycles. The number of nitrogens with one attached hydrogen (secondary N) is 1. The van der Waals surface area contributed by atoms with Gasteiger partial charge in [-0.3, -0.25) is 0 Å². The third-order valence-corrected chi connectivity index (χ3v) is 2.90. The van der Waals surface area contributed by atoms with Gasteiger partial charge in [0.1, 0.15) is 5.75 Å². The summed E-state index contributed by atoms with van der Waals surface area (Å²) in [6.45, 7) is 6.79. The van der Waals surface area contributed by atoms with E-state index in [2.05, 4.69) is 31.3 Å². The Kier molecular flexibility index (Phi) is 7.46. The van der Waals surface area contributed by atoms with Gasteiger partial charge in [0, 0.05) is 25.3 Å². The van der Waals surface area contributed by atoms with Crippen LogP contribution in [0.1, 0.15) is 38.3 Å². The van der Waals surface area contributed by atoms with E-state index < -0.39 is 0 Å². The van der Waals surface area contributed by atoms with Crippen LogP contribution >= 0.6 is 0 Å². The van der Waals surface area contributed by atoms with Crippen LogP contribution in [0.2, 0.25) is 0 Å². The average Bonchev–Trinajstić information content (AvgIpc) is 2.39. The van der Waals surface area contributed by atoms with Gasteiger partial charge in [0.05, 0.1) is 6.61 Å². The van der Waals surface area contributed by atoms with E-state index in [1.807, 2.05) is 12.1 Å². The Hall–Kier alpha value is -1.06. The van der Waals surface area contributed by atoms with E-state index in [1.54, 1.807) is 7.11 Å². The summed E-state index contributed by atoms with van der Waals surface area (Å²) in [7, 11) is 1.73. The van der Waals surface area contributed by atoms with Crippen molar-refractivity contribution in [2.24, 2.45) is 0 Å². The fraction of sp³-hybridized carbons (Fsp3) is 0.600. The molecule has 1 rings (SSSR count). The molecule has 1 unspecified atom stereocenters. The summed E-state index contributed by atoms with van der Waals surface area (Å²) in [5.41, 5.74) is 1.23. The summed E-state index contributed by atoms with van der Waals surface area (Å²) in [6.07, 6.45) is 2.07. The van der Waals surface area contributed by atoms with Crippen LogP contribution in [0.4, 0.5) is 0 Å².